The Morgan fingerprint density at radius 1 is 1.14 bits per heavy atom. The smallest absolute Gasteiger partial charge is 0.161 e. The molecule has 0 radical (unpaired) electrons. The van der Waals surface area contributed by atoms with E-state index in [2.05, 4.69) is 23.3 Å². The number of nitrogens with one attached hydrogen (secondary N) is 1. The summed E-state index contributed by atoms with van der Waals surface area (Å²) in [5.74, 6) is 1.51. The molecule has 112 valence electrons. The van der Waals surface area contributed by atoms with Gasteiger partial charge in [0.25, 0.3) is 0 Å². The van der Waals surface area contributed by atoms with Crippen LogP contribution in [0, 0.1) is 0 Å². The quantitative estimate of drug-likeness (QED) is 0.757. The Morgan fingerprint density at radius 3 is 2.76 bits per heavy atom. The predicted octanol–water partition coefficient (Wildman–Crippen LogP) is 3.17. The Hall–Kier alpha value is -2.07. The Kier molecular flexibility index (Phi) is 6.03. The Labute approximate surface area is 126 Å². The monoisotopic (exact) mass is 286 g/mol. The van der Waals surface area contributed by atoms with Gasteiger partial charge in [0.15, 0.2) is 11.5 Å². The number of aromatic nitrogens is 1. The zero-order valence-corrected chi connectivity index (χ0v) is 12.6. The van der Waals surface area contributed by atoms with Crippen molar-refractivity contribution in [2.24, 2.45) is 0 Å². The molecule has 0 saturated carbocycles. The number of benzene rings is 1. The van der Waals surface area contributed by atoms with Crippen LogP contribution in [0.15, 0.2) is 42.7 Å². The Morgan fingerprint density at radius 2 is 2.05 bits per heavy atom. The van der Waals surface area contributed by atoms with Gasteiger partial charge in [0.1, 0.15) is 6.61 Å². The average molecular weight is 286 g/mol. The third-order valence-corrected chi connectivity index (χ3v) is 3.10. The molecular weight excluding hydrogens is 264 g/mol. The van der Waals surface area contributed by atoms with E-state index in [1.165, 1.54) is 5.56 Å². The topological polar surface area (TPSA) is 43.4 Å². The molecule has 0 atom stereocenters. The molecule has 0 bridgehead atoms. The maximum atomic E-state index is 5.81. The summed E-state index contributed by atoms with van der Waals surface area (Å²) in [7, 11) is 1.66. The van der Waals surface area contributed by atoms with Crippen LogP contribution in [0.1, 0.15) is 24.5 Å². The van der Waals surface area contributed by atoms with Gasteiger partial charge in [0, 0.05) is 24.5 Å². The normalized spacial score (nSPS) is 10.4. The van der Waals surface area contributed by atoms with E-state index in [0.717, 1.165) is 36.6 Å². The van der Waals surface area contributed by atoms with Crippen molar-refractivity contribution in [2.75, 3.05) is 13.7 Å². The Bertz CT molecular complexity index is 544. The van der Waals surface area contributed by atoms with Crippen molar-refractivity contribution in [3.63, 3.8) is 0 Å². The summed E-state index contributed by atoms with van der Waals surface area (Å²) in [4.78, 5) is 4.08. The highest BCUT2D eigenvalue weighted by Crippen LogP contribution is 2.28. The van der Waals surface area contributed by atoms with Crippen molar-refractivity contribution in [3.8, 4) is 11.5 Å². The van der Waals surface area contributed by atoms with Gasteiger partial charge < -0.3 is 14.8 Å². The van der Waals surface area contributed by atoms with Gasteiger partial charge in [0.05, 0.1) is 7.11 Å². The second-order valence-corrected chi connectivity index (χ2v) is 4.81. The molecule has 0 spiro atoms. The lowest BCUT2D eigenvalue weighted by molar-refractivity contribution is 0.284. The van der Waals surface area contributed by atoms with Gasteiger partial charge in [-0.25, -0.2) is 0 Å². The highest BCUT2D eigenvalue weighted by molar-refractivity contribution is 5.43. The molecule has 2 aromatic rings. The largest absolute Gasteiger partial charge is 0.493 e. The average Bonchev–Trinajstić information content (AvgIpc) is 2.54. The van der Waals surface area contributed by atoms with Gasteiger partial charge in [-0.3, -0.25) is 4.98 Å². The van der Waals surface area contributed by atoms with Crippen LogP contribution in [0.4, 0.5) is 0 Å². The minimum Gasteiger partial charge on any atom is -0.493 e. The molecular formula is C17H22N2O2. The lowest BCUT2D eigenvalue weighted by Crippen LogP contribution is -2.13. The second-order valence-electron chi connectivity index (χ2n) is 4.81. The molecule has 0 aliphatic carbocycles. The SMILES string of the molecule is CCCNCc1ccc(OCc2cccnc2)c(OC)c1. The minimum atomic E-state index is 0.484. The van der Waals surface area contributed by atoms with E-state index in [9.17, 15) is 0 Å². The maximum absolute atomic E-state index is 5.81. The third-order valence-electron chi connectivity index (χ3n) is 3.10. The summed E-state index contributed by atoms with van der Waals surface area (Å²) >= 11 is 0. The molecule has 4 heteroatoms. The number of pyridine rings is 1. The van der Waals surface area contributed by atoms with Crippen molar-refractivity contribution in [1.29, 1.82) is 0 Å². The fraction of sp³-hybridized carbons (Fsp3) is 0.353. The van der Waals surface area contributed by atoms with E-state index < -0.39 is 0 Å². The van der Waals surface area contributed by atoms with Crippen LogP contribution < -0.4 is 14.8 Å². The Balaban J connectivity index is 1.99. The minimum absolute atomic E-state index is 0.484. The molecule has 0 amide bonds. The van der Waals surface area contributed by atoms with Crippen LogP contribution in [0.3, 0.4) is 0 Å². The van der Waals surface area contributed by atoms with E-state index in [-0.39, 0.29) is 0 Å². The number of nitrogens with zero attached hydrogens (tertiary/aromatic N) is 1. The van der Waals surface area contributed by atoms with Crippen LogP contribution in [-0.2, 0) is 13.2 Å². The molecule has 0 unspecified atom stereocenters. The summed E-state index contributed by atoms with van der Waals surface area (Å²) in [6.07, 6.45) is 4.68. The molecule has 0 fully saturated rings. The fourth-order valence-electron chi connectivity index (χ4n) is 2.00. The summed E-state index contributed by atoms with van der Waals surface area (Å²) < 4.78 is 11.2. The van der Waals surface area contributed by atoms with Gasteiger partial charge in [-0.2, -0.15) is 0 Å². The first-order chi connectivity index (χ1) is 10.3. The first-order valence-corrected chi connectivity index (χ1v) is 7.22. The van der Waals surface area contributed by atoms with Crippen LogP contribution in [0.2, 0.25) is 0 Å². The standard InChI is InChI=1S/C17H22N2O2/c1-3-8-18-11-14-6-7-16(17(10-14)20-2)21-13-15-5-4-9-19-12-15/h4-7,9-10,12,18H,3,8,11,13H2,1-2H3. The molecule has 4 nitrogen and oxygen atoms in total. The van der Waals surface area contributed by atoms with Gasteiger partial charge >= 0.3 is 0 Å². The van der Waals surface area contributed by atoms with Crippen LogP contribution >= 0.6 is 0 Å². The van der Waals surface area contributed by atoms with E-state index in [4.69, 9.17) is 9.47 Å². The number of rotatable bonds is 8. The molecule has 2 rings (SSSR count). The van der Waals surface area contributed by atoms with Crippen molar-refractivity contribution in [1.82, 2.24) is 10.3 Å². The number of hydrogen-bond donors (Lipinski definition) is 1. The number of methoxy groups -OCH3 is 1. The van der Waals surface area contributed by atoms with Crippen LogP contribution in [-0.4, -0.2) is 18.6 Å². The summed E-state index contributed by atoms with van der Waals surface area (Å²) in [6, 6.07) is 9.92. The molecule has 21 heavy (non-hydrogen) atoms. The molecule has 0 saturated heterocycles. The van der Waals surface area contributed by atoms with Crippen molar-refractivity contribution in [2.45, 2.75) is 26.5 Å². The number of ether oxygens (including phenoxy) is 2. The highest BCUT2D eigenvalue weighted by atomic mass is 16.5. The van der Waals surface area contributed by atoms with Gasteiger partial charge in [-0.15, -0.1) is 0 Å². The van der Waals surface area contributed by atoms with Crippen molar-refractivity contribution >= 4 is 0 Å². The van der Waals surface area contributed by atoms with E-state index >= 15 is 0 Å². The first-order valence-electron chi connectivity index (χ1n) is 7.22. The van der Waals surface area contributed by atoms with Crippen LogP contribution in [0.5, 0.6) is 11.5 Å². The van der Waals surface area contributed by atoms with E-state index in [1.807, 2.05) is 24.3 Å². The lowest BCUT2D eigenvalue weighted by atomic mass is 10.2. The summed E-state index contributed by atoms with van der Waals surface area (Å²) in [5, 5.41) is 3.38. The van der Waals surface area contributed by atoms with Gasteiger partial charge in [0.2, 0.25) is 0 Å². The maximum Gasteiger partial charge on any atom is 0.161 e. The van der Waals surface area contributed by atoms with Gasteiger partial charge in [-0.05, 0) is 36.7 Å². The van der Waals surface area contributed by atoms with Crippen molar-refractivity contribution in [3.05, 3.63) is 53.9 Å². The van der Waals surface area contributed by atoms with Crippen molar-refractivity contribution < 1.29 is 9.47 Å². The summed E-state index contributed by atoms with van der Waals surface area (Å²) in [6.45, 7) is 4.50. The van der Waals surface area contributed by atoms with E-state index in [0.29, 0.717) is 6.61 Å². The molecule has 1 N–H and O–H groups in total. The van der Waals surface area contributed by atoms with Crippen LogP contribution in [0.25, 0.3) is 0 Å². The third kappa shape index (κ3) is 4.76. The first kappa shape index (κ1) is 15.3. The predicted molar refractivity (Wildman–Crippen MR) is 83.6 cm³/mol. The zero-order chi connectivity index (χ0) is 14.9. The second kappa shape index (κ2) is 8.27. The fourth-order valence-corrected chi connectivity index (χ4v) is 2.00. The number of hydrogen-bond acceptors (Lipinski definition) is 4. The summed E-state index contributed by atoms with van der Waals surface area (Å²) in [5.41, 5.74) is 2.22. The highest BCUT2D eigenvalue weighted by Gasteiger charge is 2.06. The van der Waals surface area contributed by atoms with Gasteiger partial charge in [-0.1, -0.05) is 19.1 Å². The molecule has 0 aliphatic heterocycles. The molecule has 0 aliphatic rings. The van der Waals surface area contributed by atoms with E-state index in [1.54, 1.807) is 19.5 Å². The lowest BCUT2D eigenvalue weighted by Gasteiger charge is -2.12. The molecule has 1 aromatic heterocycles. The molecule has 1 aromatic carbocycles. The molecule has 1 heterocycles. The zero-order valence-electron chi connectivity index (χ0n) is 12.6.